The van der Waals surface area contributed by atoms with Gasteiger partial charge < -0.3 is 0 Å². The van der Waals surface area contributed by atoms with E-state index in [2.05, 4.69) is 21.6 Å². The molecule has 0 N–H and O–H groups in total. The first-order valence-corrected chi connectivity index (χ1v) is 5.43. The normalized spacial score (nSPS) is 14.3. The molecule has 70 valence electrons. The molecule has 1 aromatic heterocycles. The van der Waals surface area contributed by atoms with Crippen LogP contribution in [0.1, 0.15) is 5.82 Å². The van der Waals surface area contributed by atoms with E-state index in [-0.39, 0.29) is 0 Å². The summed E-state index contributed by atoms with van der Waals surface area (Å²) in [6.07, 6.45) is 0.923. The lowest BCUT2D eigenvalue weighted by molar-refractivity contribution is 0.761. The Balaban J connectivity index is 2.27. The van der Waals surface area contributed by atoms with Crippen molar-refractivity contribution in [3.05, 3.63) is 30.1 Å². The highest BCUT2D eigenvalue weighted by atomic mass is 32.2. The highest BCUT2D eigenvalue weighted by Crippen LogP contribution is 2.29. The maximum Gasteiger partial charge on any atom is 0.157 e. The van der Waals surface area contributed by atoms with Crippen molar-refractivity contribution in [2.24, 2.45) is 0 Å². The number of tetrazole rings is 1. The molecule has 2 aromatic rings. The van der Waals surface area contributed by atoms with Crippen LogP contribution in [-0.4, -0.2) is 26.0 Å². The number of para-hydroxylation sites is 1. The fraction of sp³-hybridized carbons (Fsp3) is 0.222. The summed E-state index contributed by atoms with van der Waals surface area (Å²) in [5, 5.41) is 11.7. The highest BCUT2D eigenvalue weighted by molar-refractivity contribution is 7.99. The molecule has 0 saturated carbocycles. The Bertz CT molecular complexity index is 465. The number of aryl methyl sites for hydroxylation is 1. The van der Waals surface area contributed by atoms with Gasteiger partial charge in [-0.3, -0.25) is 0 Å². The number of benzene rings is 1. The average Bonchev–Trinajstić information content (AvgIpc) is 2.61. The van der Waals surface area contributed by atoms with E-state index in [0.29, 0.717) is 0 Å². The second-order valence-corrected chi connectivity index (χ2v) is 4.21. The molecule has 0 fully saturated rings. The quantitative estimate of drug-likeness (QED) is 0.649. The zero-order valence-electron chi connectivity index (χ0n) is 7.42. The van der Waals surface area contributed by atoms with Crippen LogP contribution < -0.4 is 0 Å². The number of hydrogen-bond acceptors (Lipinski definition) is 4. The lowest BCUT2D eigenvalue weighted by Crippen LogP contribution is -2.01. The van der Waals surface area contributed by atoms with E-state index in [9.17, 15) is 0 Å². The number of nitrogens with zero attached hydrogens (tertiary/aromatic N) is 4. The fourth-order valence-electron chi connectivity index (χ4n) is 1.56. The van der Waals surface area contributed by atoms with E-state index < -0.39 is 0 Å². The van der Waals surface area contributed by atoms with Gasteiger partial charge >= 0.3 is 0 Å². The van der Waals surface area contributed by atoms with Crippen LogP contribution in [0.2, 0.25) is 0 Å². The molecule has 0 radical (unpaired) electrons. The SMILES string of the molecule is c1ccc2c(c1)SCCc1nnnn1-2. The minimum Gasteiger partial charge on any atom is -0.196 e. The average molecular weight is 204 g/mol. The van der Waals surface area contributed by atoms with Crippen LogP contribution in [0.3, 0.4) is 0 Å². The zero-order valence-corrected chi connectivity index (χ0v) is 8.24. The smallest absolute Gasteiger partial charge is 0.157 e. The lowest BCUT2D eigenvalue weighted by atomic mass is 10.3. The number of aromatic nitrogens is 4. The Hall–Kier alpha value is -1.36. The molecule has 4 nitrogen and oxygen atoms in total. The first-order valence-electron chi connectivity index (χ1n) is 4.44. The summed E-state index contributed by atoms with van der Waals surface area (Å²) in [5.74, 6) is 1.99. The van der Waals surface area contributed by atoms with Gasteiger partial charge in [0.25, 0.3) is 0 Å². The van der Waals surface area contributed by atoms with Crippen molar-refractivity contribution in [1.82, 2.24) is 20.2 Å². The van der Waals surface area contributed by atoms with E-state index in [1.54, 1.807) is 0 Å². The van der Waals surface area contributed by atoms with Crippen molar-refractivity contribution in [2.45, 2.75) is 11.3 Å². The minimum absolute atomic E-state index is 0.923. The van der Waals surface area contributed by atoms with Crippen LogP contribution >= 0.6 is 11.8 Å². The number of rotatable bonds is 0. The summed E-state index contributed by atoms with van der Waals surface area (Å²) in [6.45, 7) is 0. The molecule has 0 aliphatic carbocycles. The molecule has 5 heteroatoms. The summed E-state index contributed by atoms with van der Waals surface area (Å²) < 4.78 is 1.83. The van der Waals surface area contributed by atoms with Gasteiger partial charge in [0, 0.05) is 17.1 Å². The molecular formula is C9H8N4S. The summed E-state index contributed by atoms with van der Waals surface area (Å²) in [5.41, 5.74) is 1.09. The molecule has 0 atom stereocenters. The van der Waals surface area contributed by atoms with Crippen LogP contribution in [0.25, 0.3) is 5.69 Å². The minimum atomic E-state index is 0.923. The predicted octanol–water partition coefficient (Wildman–Crippen LogP) is 1.31. The van der Waals surface area contributed by atoms with Gasteiger partial charge in [-0.05, 0) is 22.6 Å². The molecule has 2 heterocycles. The summed E-state index contributed by atoms with van der Waals surface area (Å²) in [7, 11) is 0. The molecule has 1 aromatic carbocycles. The van der Waals surface area contributed by atoms with E-state index in [4.69, 9.17) is 0 Å². The van der Waals surface area contributed by atoms with E-state index in [1.807, 2.05) is 34.6 Å². The van der Waals surface area contributed by atoms with Crippen LogP contribution in [0.15, 0.2) is 29.2 Å². The van der Waals surface area contributed by atoms with Crippen molar-refractivity contribution in [1.29, 1.82) is 0 Å². The van der Waals surface area contributed by atoms with Crippen LogP contribution in [0.5, 0.6) is 0 Å². The molecule has 1 aliphatic rings. The number of fused-ring (bicyclic) bond motifs is 3. The van der Waals surface area contributed by atoms with E-state index in [1.165, 1.54) is 4.90 Å². The fourth-order valence-corrected chi connectivity index (χ4v) is 2.54. The monoisotopic (exact) mass is 204 g/mol. The summed E-state index contributed by atoms with van der Waals surface area (Å²) in [4.78, 5) is 1.25. The van der Waals surface area contributed by atoms with Crippen LogP contribution in [0.4, 0.5) is 0 Å². The first kappa shape index (κ1) is 7.99. The standard InChI is InChI=1S/C9H8N4S/c1-2-4-8-7(3-1)13-9(5-6-14-8)10-11-12-13/h1-4H,5-6H2. The van der Waals surface area contributed by atoms with E-state index in [0.717, 1.165) is 23.7 Å². The predicted molar refractivity (Wildman–Crippen MR) is 53.6 cm³/mol. The second kappa shape index (κ2) is 3.09. The highest BCUT2D eigenvalue weighted by Gasteiger charge is 2.15. The van der Waals surface area contributed by atoms with Crippen molar-refractivity contribution in [2.75, 3.05) is 5.75 Å². The molecular weight excluding hydrogens is 196 g/mol. The molecule has 14 heavy (non-hydrogen) atoms. The molecule has 0 spiro atoms. The molecule has 0 saturated heterocycles. The van der Waals surface area contributed by atoms with Gasteiger partial charge in [0.15, 0.2) is 5.82 Å². The Morgan fingerprint density at radius 1 is 1.29 bits per heavy atom. The van der Waals surface area contributed by atoms with Crippen LogP contribution in [0, 0.1) is 0 Å². The maximum absolute atomic E-state index is 4.00. The van der Waals surface area contributed by atoms with Crippen molar-refractivity contribution < 1.29 is 0 Å². The van der Waals surface area contributed by atoms with Gasteiger partial charge in [-0.25, -0.2) is 0 Å². The Labute approximate surface area is 85.3 Å². The van der Waals surface area contributed by atoms with Gasteiger partial charge in [-0.1, -0.05) is 12.1 Å². The topological polar surface area (TPSA) is 43.6 Å². The molecule has 0 bridgehead atoms. The molecule has 0 amide bonds. The van der Waals surface area contributed by atoms with Crippen molar-refractivity contribution >= 4 is 11.8 Å². The number of hydrogen-bond donors (Lipinski definition) is 0. The third kappa shape index (κ3) is 1.13. The van der Waals surface area contributed by atoms with E-state index >= 15 is 0 Å². The van der Waals surface area contributed by atoms with Crippen LogP contribution in [-0.2, 0) is 6.42 Å². The Kier molecular flexibility index (Phi) is 1.77. The van der Waals surface area contributed by atoms with Gasteiger partial charge in [-0.2, -0.15) is 4.68 Å². The molecule has 3 rings (SSSR count). The van der Waals surface area contributed by atoms with Crippen molar-refractivity contribution in [3.8, 4) is 5.69 Å². The van der Waals surface area contributed by atoms with Gasteiger partial charge in [-0.15, -0.1) is 16.9 Å². The number of thioether (sulfide) groups is 1. The second-order valence-electron chi connectivity index (χ2n) is 3.07. The zero-order chi connectivity index (χ0) is 9.38. The largest absolute Gasteiger partial charge is 0.196 e. The first-order chi connectivity index (χ1) is 6.95. The third-order valence-electron chi connectivity index (χ3n) is 2.21. The van der Waals surface area contributed by atoms with Gasteiger partial charge in [0.2, 0.25) is 0 Å². The third-order valence-corrected chi connectivity index (χ3v) is 3.28. The summed E-state index contributed by atoms with van der Waals surface area (Å²) >= 11 is 1.84. The maximum atomic E-state index is 4.00. The van der Waals surface area contributed by atoms with Gasteiger partial charge in [0.1, 0.15) is 0 Å². The lowest BCUT2D eigenvalue weighted by Gasteiger charge is -2.03. The summed E-state index contributed by atoms with van der Waals surface area (Å²) in [6, 6.07) is 8.21. The molecule has 0 unspecified atom stereocenters. The Morgan fingerprint density at radius 3 is 3.21 bits per heavy atom. The molecule has 1 aliphatic heterocycles. The Morgan fingerprint density at radius 2 is 2.21 bits per heavy atom. The van der Waals surface area contributed by atoms with Gasteiger partial charge in [0.05, 0.1) is 5.69 Å². The van der Waals surface area contributed by atoms with Crippen molar-refractivity contribution in [3.63, 3.8) is 0 Å².